The first-order valence-corrected chi connectivity index (χ1v) is 11.0. The maximum absolute atomic E-state index is 12.5. The number of nitrogens with zero attached hydrogens (tertiary/aromatic N) is 1. The van der Waals surface area contributed by atoms with Gasteiger partial charge in [-0.1, -0.05) is 12.8 Å². The number of ether oxygens (including phenoxy) is 2. The second-order valence-corrected chi connectivity index (χ2v) is 9.15. The fourth-order valence-electron chi connectivity index (χ4n) is 4.02. The molecular weight excluding hydrogens is 344 g/mol. The molecule has 1 N–H and O–H groups in total. The Hall–Kier alpha value is -0.700. The van der Waals surface area contributed by atoms with Crippen LogP contribution in [0.3, 0.4) is 0 Å². The summed E-state index contributed by atoms with van der Waals surface area (Å²) < 4.78 is 36.7. The smallest absolute Gasteiger partial charge is 0.235 e. The van der Waals surface area contributed by atoms with E-state index in [1.165, 1.54) is 10.6 Å². The van der Waals surface area contributed by atoms with Crippen molar-refractivity contribution >= 4 is 15.9 Å². The third-order valence-electron chi connectivity index (χ3n) is 5.44. The highest BCUT2D eigenvalue weighted by atomic mass is 32.2. The molecule has 146 valence electrons. The van der Waals surface area contributed by atoms with Crippen molar-refractivity contribution in [3.05, 3.63) is 0 Å². The largest absolute Gasteiger partial charge is 0.381 e. The Morgan fingerprint density at radius 3 is 2.24 bits per heavy atom. The van der Waals surface area contributed by atoms with Gasteiger partial charge in [-0.25, -0.2) is 8.42 Å². The maximum atomic E-state index is 12.5. The molecule has 0 aromatic carbocycles. The summed E-state index contributed by atoms with van der Waals surface area (Å²) in [6, 6.07) is -0.159. The van der Waals surface area contributed by atoms with Crippen LogP contribution < -0.4 is 5.32 Å². The lowest BCUT2D eigenvalue weighted by atomic mass is 9.92. The van der Waals surface area contributed by atoms with Crippen molar-refractivity contribution in [2.24, 2.45) is 0 Å². The van der Waals surface area contributed by atoms with E-state index in [-0.39, 0.29) is 36.7 Å². The van der Waals surface area contributed by atoms with Crippen molar-refractivity contribution < 1.29 is 22.7 Å². The Labute approximate surface area is 151 Å². The Bertz CT molecular complexity index is 531. The van der Waals surface area contributed by atoms with Crippen molar-refractivity contribution in [3.8, 4) is 0 Å². The predicted octanol–water partition coefficient (Wildman–Crippen LogP) is 1.28. The maximum Gasteiger partial charge on any atom is 0.235 e. The Balaban J connectivity index is 1.96. The minimum Gasteiger partial charge on any atom is -0.381 e. The number of hydrogen-bond donors (Lipinski definition) is 1. The first-order valence-electron chi connectivity index (χ1n) is 9.17. The number of nitrogens with one attached hydrogen (secondary N) is 1. The van der Waals surface area contributed by atoms with Crippen LogP contribution in [0.25, 0.3) is 0 Å². The molecule has 2 fully saturated rings. The molecule has 2 saturated carbocycles. The quantitative estimate of drug-likeness (QED) is 0.723. The Kier molecular flexibility index (Phi) is 7.67. The molecule has 0 saturated heterocycles. The van der Waals surface area contributed by atoms with Crippen LogP contribution in [-0.4, -0.2) is 69.9 Å². The van der Waals surface area contributed by atoms with Gasteiger partial charge in [-0.15, -0.1) is 0 Å². The van der Waals surface area contributed by atoms with E-state index in [2.05, 4.69) is 5.32 Å². The second-order valence-electron chi connectivity index (χ2n) is 7.21. The van der Waals surface area contributed by atoms with Gasteiger partial charge in [0.15, 0.2) is 0 Å². The van der Waals surface area contributed by atoms with E-state index >= 15 is 0 Å². The van der Waals surface area contributed by atoms with Crippen LogP contribution in [0.4, 0.5) is 0 Å². The molecular formula is C17H32N2O5S. The van der Waals surface area contributed by atoms with Gasteiger partial charge in [0.05, 0.1) is 31.1 Å². The standard InChI is InChI=1S/C17H32N2O5S/c1-23-14-10-8-13(9-11-14)18-17(20)12-19(25(3,21)22)15-6-4-5-7-16(15)24-2/h13-16H,4-12H2,1-3H3,(H,18,20). The van der Waals surface area contributed by atoms with Crippen LogP contribution in [0, 0.1) is 0 Å². The number of rotatable bonds is 7. The molecule has 2 atom stereocenters. The molecule has 0 heterocycles. The number of methoxy groups -OCH3 is 2. The van der Waals surface area contributed by atoms with E-state index in [9.17, 15) is 13.2 Å². The van der Waals surface area contributed by atoms with E-state index in [1.807, 2.05) is 0 Å². The predicted molar refractivity (Wildman–Crippen MR) is 95.8 cm³/mol. The lowest BCUT2D eigenvalue weighted by Gasteiger charge is -2.37. The minimum absolute atomic E-state index is 0.102. The monoisotopic (exact) mass is 376 g/mol. The summed E-state index contributed by atoms with van der Waals surface area (Å²) in [5, 5.41) is 3.00. The molecule has 25 heavy (non-hydrogen) atoms. The van der Waals surface area contributed by atoms with Crippen LogP contribution in [-0.2, 0) is 24.3 Å². The summed E-state index contributed by atoms with van der Waals surface area (Å²) in [5.74, 6) is -0.230. The first kappa shape index (κ1) is 20.6. The van der Waals surface area contributed by atoms with Crippen LogP contribution >= 0.6 is 0 Å². The molecule has 2 aliphatic rings. The lowest BCUT2D eigenvalue weighted by Crippen LogP contribution is -2.53. The molecule has 7 nitrogen and oxygen atoms in total. The van der Waals surface area contributed by atoms with Gasteiger partial charge in [-0.05, 0) is 38.5 Å². The van der Waals surface area contributed by atoms with Gasteiger partial charge >= 0.3 is 0 Å². The normalized spacial score (nSPS) is 31.0. The average molecular weight is 377 g/mol. The highest BCUT2D eigenvalue weighted by Crippen LogP contribution is 2.27. The lowest BCUT2D eigenvalue weighted by molar-refractivity contribution is -0.123. The van der Waals surface area contributed by atoms with Gasteiger partial charge in [0.1, 0.15) is 0 Å². The summed E-state index contributed by atoms with van der Waals surface area (Å²) in [4.78, 5) is 12.5. The van der Waals surface area contributed by atoms with Crippen LogP contribution in [0.2, 0.25) is 0 Å². The number of hydrogen-bond acceptors (Lipinski definition) is 5. The van der Waals surface area contributed by atoms with Gasteiger partial charge in [-0.2, -0.15) is 4.31 Å². The molecule has 0 radical (unpaired) electrons. The van der Waals surface area contributed by atoms with Gasteiger partial charge < -0.3 is 14.8 Å². The number of carbonyl (C=O) groups excluding carboxylic acids is 1. The van der Waals surface area contributed by atoms with Crippen molar-refractivity contribution in [1.82, 2.24) is 9.62 Å². The highest BCUT2D eigenvalue weighted by Gasteiger charge is 2.36. The van der Waals surface area contributed by atoms with Gasteiger partial charge in [-0.3, -0.25) is 4.79 Å². The fraction of sp³-hybridized carbons (Fsp3) is 0.941. The molecule has 2 rings (SSSR count). The topological polar surface area (TPSA) is 84.9 Å². The zero-order valence-corrected chi connectivity index (χ0v) is 16.4. The van der Waals surface area contributed by atoms with E-state index in [4.69, 9.17) is 9.47 Å². The van der Waals surface area contributed by atoms with Crippen molar-refractivity contribution in [2.75, 3.05) is 27.0 Å². The van der Waals surface area contributed by atoms with Gasteiger partial charge in [0, 0.05) is 20.3 Å². The summed E-state index contributed by atoms with van der Waals surface area (Å²) in [5.41, 5.74) is 0. The van der Waals surface area contributed by atoms with E-state index in [0.29, 0.717) is 0 Å². The van der Waals surface area contributed by atoms with Crippen LogP contribution in [0.1, 0.15) is 51.4 Å². The molecule has 0 aromatic rings. The molecule has 2 aliphatic carbocycles. The summed E-state index contributed by atoms with van der Waals surface area (Å²) in [7, 11) is -0.163. The third-order valence-corrected chi connectivity index (χ3v) is 6.69. The number of amides is 1. The van der Waals surface area contributed by atoms with Crippen LogP contribution in [0.5, 0.6) is 0 Å². The molecule has 0 aliphatic heterocycles. The SMILES string of the molecule is COC1CCC(NC(=O)CN(C2CCCCC2OC)S(C)(=O)=O)CC1. The molecule has 0 spiro atoms. The van der Waals surface area contributed by atoms with Crippen LogP contribution in [0.15, 0.2) is 0 Å². The molecule has 8 heteroatoms. The third kappa shape index (κ3) is 5.91. The van der Waals surface area contributed by atoms with Gasteiger partial charge in [0.2, 0.25) is 15.9 Å². The number of sulfonamides is 1. The zero-order valence-electron chi connectivity index (χ0n) is 15.6. The average Bonchev–Trinajstić information content (AvgIpc) is 2.59. The molecule has 1 amide bonds. The molecule has 0 bridgehead atoms. The van der Waals surface area contributed by atoms with E-state index < -0.39 is 10.0 Å². The first-order chi connectivity index (χ1) is 11.8. The Morgan fingerprint density at radius 2 is 1.68 bits per heavy atom. The van der Waals surface area contributed by atoms with Crippen molar-refractivity contribution in [1.29, 1.82) is 0 Å². The molecule has 2 unspecified atom stereocenters. The minimum atomic E-state index is -3.48. The van der Waals surface area contributed by atoms with E-state index in [1.54, 1.807) is 14.2 Å². The summed E-state index contributed by atoms with van der Waals surface area (Å²) in [6.45, 7) is -0.131. The van der Waals surface area contributed by atoms with Gasteiger partial charge in [0.25, 0.3) is 0 Å². The zero-order chi connectivity index (χ0) is 18.4. The second kappa shape index (κ2) is 9.30. The highest BCUT2D eigenvalue weighted by molar-refractivity contribution is 7.88. The molecule has 0 aromatic heterocycles. The summed E-state index contributed by atoms with van der Waals surface area (Å²) in [6.07, 6.45) is 8.43. The van der Waals surface area contributed by atoms with Crippen molar-refractivity contribution in [2.45, 2.75) is 75.7 Å². The van der Waals surface area contributed by atoms with Crippen molar-refractivity contribution in [3.63, 3.8) is 0 Å². The summed E-state index contributed by atoms with van der Waals surface area (Å²) >= 11 is 0. The number of carbonyl (C=O) groups is 1. The Morgan fingerprint density at radius 1 is 1.04 bits per heavy atom. The fourth-order valence-corrected chi connectivity index (χ4v) is 5.10. The van der Waals surface area contributed by atoms with E-state index in [0.717, 1.165) is 51.4 Å².